The van der Waals surface area contributed by atoms with Crippen LogP contribution < -0.4 is 14.4 Å². The van der Waals surface area contributed by atoms with Gasteiger partial charge in [-0.1, -0.05) is 0 Å². The zero-order chi connectivity index (χ0) is 19.2. The minimum absolute atomic E-state index is 0.0401. The standard InChI is InChI=1S/C18H22N4O4S/c1-12-10-13-11-14(5-6-16(13)26-12)27(24,25)20-15-4-3-9-22(18(15)23)17-7-8-19-21(17)2/h5-8,11-12,15,20H,3-4,9-10H2,1-2H3. The van der Waals surface area contributed by atoms with Crippen molar-refractivity contribution in [3.8, 4) is 5.75 Å². The number of hydrogen-bond acceptors (Lipinski definition) is 5. The van der Waals surface area contributed by atoms with Crippen LogP contribution in [0.25, 0.3) is 0 Å². The number of nitrogens with one attached hydrogen (secondary N) is 1. The number of carbonyl (C=O) groups excluding carboxylic acids is 1. The molecule has 2 aliphatic heterocycles. The Morgan fingerprint density at radius 3 is 2.85 bits per heavy atom. The highest BCUT2D eigenvalue weighted by Crippen LogP contribution is 2.31. The predicted molar refractivity (Wildman–Crippen MR) is 99.1 cm³/mol. The van der Waals surface area contributed by atoms with E-state index < -0.39 is 16.1 Å². The summed E-state index contributed by atoms with van der Waals surface area (Å²) in [6.07, 6.45) is 3.51. The van der Waals surface area contributed by atoms with Crippen LogP contribution in [0.1, 0.15) is 25.3 Å². The van der Waals surface area contributed by atoms with Gasteiger partial charge in [0.1, 0.15) is 23.7 Å². The average molecular weight is 390 g/mol. The molecular weight excluding hydrogens is 368 g/mol. The third-order valence-corrected chi connectivity index (χ3v) is 6.45. The fourth-order valence-corrected chi connectivity index (χ4v) is 4.94. The first-order valence-corrected chi connectivity index (χ1v) is 10.4. The molecule has 1 aromatic carbocycles. The van der Waals surface area contributed by atoms with E-state index in [4.69, 9.17) is 4.74 Å². The maximum atomic E-state index is 12.9. The molecule has 8 nitrogen and oxygen atoms in total. The largest absolute Gasteiger partial charge is 0.490 e. The Morgan fingerprint density at radius 1 is 1.30 bits per heavy atom. The molecule has 0 bridgehead atoms. The maximum absolute atomic E-state index is 12.9. The number of aryl methyl sites for hydroxylation is 1. The van der Waals surface area contributed by atoms with Crippen LogP contribution in [-0.2, 0) is 28.3 Å². The van der Waals surface area contributed by atoms with Gasteiger partial charge in [-0.05, 0) is 43.5 Å². The summed E-state index contributed by atoms with van der Waals surface area (Å²) in [7, 11) is -2.06. The van der Waals surface area contributed by atoms with Gasteiger partial charge in [0.15, 0.2) is 0 Å². The predicted octanol–water partition coefficient (Wildman–Crippen LogP) is 1.22. The third-order valence-electron chi connectivity index (χ3n) is 4.99. The van der Waals surface area contributed by atoms with E-state index >= 15 is 0 Å². The van der Waals surface area contributed by atoms with Gasteiger partial charge in [0, 0.05) is 26.1 Å². The van der Waals surface area contributed by atoms with Crippen molar-refractivity contribution in [2.45, 2.75) is 43.2 Å². The van der Waals surface area contributed by atoms with Crippen LogP contribution in [0.5, 0.6) is 5.75 Å². The number of carbonyl (C=O) groups is 1. The fraction of sp³-hybridized carbons (Fsp3) is 0.444. The van der Waals surface area contributed by atoms with Gasteiger partial charge >= 0.3 is 0 Å². The quantitative estimate of drug-likeness (QED) is 0.847. The molecule has 2 unspecified atom stereocenters. The van der Waals surface area contributed by atoms with Gasteiger partial charge in [-0.3, -0.25) is 14.4 Å². The number of piperidine rings is 1. The minimum atomic E-state index is -3.81. The van der Waals surface area contributed by atoms with E-state index in [1.54, 1.807) is 41.0 Å². The van der Waals surface area contributed by atoms with E-state index in [-0.39, 0.29) is 16.9 Å². The third kappa shape index (κ3) is 3.32. The molecule has 1 aromatic heterocycles. The number of aromatic nitrogens is 2. The van der Waals surface area contributed by atoms with Crippen LogP contribution >= 0.6 is 0 Å². The highest BCUT2D eigenvalue weighted by atomic mass is 32.2. The number of hydrogen-bond donors (Lipinski definition) is 1. The monoisotopic (exact) mass is 390 g/mol. The fourth-order valence-electron chi connectivity index (χ4n) is 3.66. The molecule has 2 aromatic rings. The maximum Gasteiger partial charge on any atom is 0.246 e. The first-order valence-electron chi connectivity index (χ1n) is 8.96. The van der Waals surface area contributed by atoms with Gasteiger partial charge in [0.05, 0.1) is 11.1 Å². The Labute approximate surface area is 158 Å². The van der Waals surface area contributed by atoms with Crippen LogP contribution in [0, 0.1) is 0 Å². The summed E-state index contributed by atoms with van der Waals surface area (Å²) < 4.78 is 35.5. The van der Waals surface area contributed by atoms with E-state index in [9.17, 15) is 13.2 Å². The minimum Gasteiger partial charge on any atom is -0.490 e. The Bertz CT molecular complexity index is 985. The Morgan fingerprint density at radius 2 is 2.11 bits per heavy atom. The number of benzene rings is 1. The Kier molecular flexibility index (Phi) is 4.43. The topological polar surface area (TPSA) is 93.5 Å². The molecule has 9 heteroatoms. The Hall–Kier alpha value is -2.39. The lowest BCUT2D eigenvalue weighted by molar-refractivity contribution is -0.121. The van der Waals surface area contributed by atoms with E-state index in [0.717, 1.165) is 11.3 Å². The number of ether oxygens (including phenoxy) is 1. The van der Waals surface area contributed by atoms with Gasteiger partial charge in [0.25, 0.3) is 0 Å². The molecule has 2 atom stereocenters. The highest BCUT2D eigenvalue weighted by molar-refractivity contribution is 7.89. The molecule has 1 N–H and O–H groups in total. The molecule has 3 heterocycles. The van der Waals surface area contributed by atoms with Crippen molar-refractivity contribution in [3.05, 3.63) is 36.0 Å². The van der Waals surface area contributed by atoms with Crippen molar-refractivity contribution in [1.82, 2.24) is 14.5 Å². The van der Waals surface area contributed by atoms with Crippen molar-refractivity contribution in [1.29, 1.82) is 0 Å². The molecule has 1 amide bonds. The molecular formula is C18H22N4O4S. The lowest BCUT2D eigenvalue weighted by Crippen LogP contribution is -2.52. The SMILES string of the molecule is CC1Cc2cc(S(=O)(=O)NC3CCCN(c4ccnn4C)C3=O)ccc2O1. The summed E-state index contributed by atoms with van der Waals surface area (Å²) >= 11 is 0. The van der Waals surface area contributed by atoms with Crippen LogP contribution in [0.2, 0.25) is 0 Å². The molecule has 0 radical (unpaired) electrons. The van der Waals surface area contributed by atoms with Gasteiger partial charge in [-0.25, -0.2) is 8.42 Å². The molecule has 1 fully saturated rings. The van der Waals surface area contributed by atoms with E-state index in [2.05, 4.69) is 9.82 Å². The number of rotatable bonds is 4. The first-order chi connectivity index (χ1) is 12.8. The number of fused-ring (bicyclic) bond motifs is 1. The molecule has 0 saturated carbocycles. The van der Waals surface area contributed by atoms with Gasteiger partial charge in [0.2, 0.25) is 15.9 Å². The number of anilines is 1. The van der Waals surface area contributed by atoms with Crippen LogP contribution in [0.4, 0.5) is 5.82 Å². The van der Waals surface area contributed by atoms with Crippen LogP contribution in [-0.4, -0.2) is 42.8 Å². The number of nitrogens with zero attached hydrogens (tertiary/aromatic N) is 3. The lowest BCUT2D eigenvalue weighted by Gasteiger charge is -2.32. The molecule has 0 aliphatic carbocycles. The second-order valence-electron chi connectivity index (χ2n) is 7.02. The summed E-state index contributed by atoms with van der Waals surface area (Å²) in [6.45, 7) is 2.49. The molecule has 2 aliphatic rings. The van der Waals surface area contributed by atoms with Crippen molar-refractivity contribution in [2.75, 3.05) is 11.4 Å². The second kappa shape index (κ2) is 6.65. The molecule has 144 valence electrons. The zero-order valence-corrected chi connectivity index (χ0v) is 16.1. The average Bonchev–Trinajstić information content (AvgIpc) is 3.20. The molecule has 1 saturated heterocycles. The second-order valence-corrected chi connectivity index (χ2v) is 8.74. The normalized spacial score (nSPS) is 22.6. The summed E-state index contributed by atoms with van der Waals surface area (Å²) in [5.41, 5.74) is 0.872. The lowest BCUT2D eigenvalue weighted by atomic mass is 10.1. The molecule has 0 spiro atoms. The first kappa shape index (κ1) is 18.0. The number of sulfonamides is 1. The van der Waals surface area contributed by atoms with Gasteiger partial charge in [-0.2, -0.15) is 9.82 Å². The van der Waals surface area contributed by atoms with E-state index in [1.807, 2.05) is 6.92 Å². The summed E-state index contributed by atoms with van der Waals surface area (Å²) in [5.74, 6) is 1.12. The van der Waals surface area contributed by atoms with Gasteiger partial charge in [-0.15, -0.1) is 0 Å². The van der Waals surface area contributed by atoms with Crippen molar-refractivity contribution >= 4 is 21.7 Å². The molecule has 4 rings (SSSR count). The Balaban J connectivity index is 1.55. The highest BCUT2D eigenvalue weighted by Gasteiger charge is 2.34. The van der Waals surface area contributed by atoms with Gasteiger partial charge < -0.3 is 4.74 Å². The summed E-state index contributed by atoms with van der Waals surface area (Å²) in [6, 6.07) is 5.79. The zero-order valence-electron chi connectivity index (χ0n) is 15.3. The smallest absolute Gasteiger partial charge is 0.246 e. The summed E-state index contributed by atoms with van der Waals surface area (Å²) in [4.78, 5) is 14.6. The van der Waals surface area contributed by atoms with Crippen LogP contribution in [0.15, 0.2) is 35.4 Å². The van der Waals surface area contributed by atoms with Crippen LogP contribution in [0.3, 0.4) is 0 Å². The number of amides is 1. The van der Waals surface area contributed by atoms with E-state index in [0.29, 0.717) is 31.6 Å². The summed E-state index contributed by atoms with van der Waals surface area (Å²) in [5, 5.41) is 4.09. The van der Waals surface area contributed by atoms with Crippen molar-refractivity contribution in [3.63, 3.8) is 0 Å². The van der Waals surface area contributed by atoms with Crippen molar-refractivity contribution < 1.29 is 17.9 Å². The molecule has 27 heavy (non-hydrogen) atoms. The van der Waals surface area contributed by atoms with E-state index in [1.165, 1.54) is 6.07 Å². The van der Waals surface area contributed by atoms with Crippen molar-refractivity contribution in [2.24, 2.45) is 7.05 Å².